The Labute approximate surface area is 512 Å². The van der Waals surface area contributed by atoms with Crippen LogP contribution < -0.4 is 4.89 Å². The minimum Gasteiger partial charge on any atom is -0.756 e. The molecule has 0 bridgehead atoms. The third-order valence-corrected chi connectivity index (χ3v) is 15.5. The van der Waals surface area contributed by atoms with E-state index >= 15 is 0 Å². The van der Waals surface area contributed by atoms with E-state index in [9.17, 15) is 19.0 Å². The summed E-state index contributed by atoms with van der Waals surface area (Å²) in [5.74, 6) is -0.841. The topological polar surface area (TPSA) is 111 Å². The molecule has 0 fully saturated rings. The number of hydrogen-bond acceptors (Lipinski definition) is 8. The van der Waals surface area contributed by atoms with Crippen LogP contribution in [0.3, 0.4) is 0 Å². The Morgan fingerprint density at radius 1 is 0.386 bits per heavy atom. The summed E-state index contributed by atoms with van der Waals surface area (Å²) in [6, 6.07) is 0. The third kappa shape index (κ3) is 67.7. The number of esters is 2. The van der Waals surface area contributed by atoms with Crippen LogP contribution >= 0.6 is 7.82 Å². The van der Waals surface area contributed by atoms with Crippen LogP contribution in [0.25, 0.3) is 0 Å². The zero-order chi connectivity index (χ0) is 60.5. The summed E-state index contributed by atoms with van der Waals surface area (Å²) in [7, 11) is 1.15. The maximum atomic E-state index is 12.9. The lowest BCUT2D eigenvalue weighted by Gasteiger charge is -2.28. The average molecular weight is 1180 g/mol. The SMILES string of the molecule is CC/C=C\C/C=C\C/C=C\C/C=C\C/C=C\C/C=C\C/C=C\C/C=C\C/C=C\CCCCCCCCCC(=O)OC(COC(=O)CCCCCCCCCCCCCCCCCCCCCCCCCC)COP(=O)([O-])OCC[N+](C)(C)C. The Morgan fingerprint density at radius 3 is 1.02 bits per heavy atom. The summed E-state index contributed by atoms with van der Waals surface area (Å²) in [5, 5.41) is 0. The second kappa shape index (κ2) is 63.2. The summed E-state index contributed by atoms with van der Waals surface area (Å²) in [6.07, 6.45) is 88.7. The van der Waals surface area contributed by atoms with Gasteiger partial charge in [-0.1, -0.05) is 303 Å². The van der Waals surface area contributed by atoms with Gasteiger partial charge in [0.1, 0.15) is 19.8 Å². The molecule has 0 saturated heterocycles. The molecule has 0 aliphatic heterocycles. The largest absolute Gasteiger partial charge is 0.756 e. The van der Waals surface area contributed by atoms with Crippen molar-refractivity contribution in [1.29, 1.82) is 0 Å². The van der Waals surface area contributed by atoms with Crippen molar-refractivity contribution in [2.75, 3.05) is 47.5 Å². The van der Waals surface area contributed by atoms with E-state index in [1.54, 1.807) is 0 Å². The van der Waals surface area contributed by atoms with Gasteiger partial charge in [0.15, 0.2) is 6.10 Å². The molecule has 0 saturated carbocycles. The second-order valence-corrected chi connectivity index (χ2v) is 25.2. The van der Waals surface area contributed by atoms with Gasteiger partial charge in [-0.25, -0.2) is 0 Å². The average Bonchev–Trinajstić information content (AvgIpc) is 3.49. The molecule has 0 rings (SSSR count). The first-order valence-electron chi connectivity index (χ1n) is 34.1. The fourth-order valence-corrected chi connectivity index (χ4v) is 10.1. The van der Waals surface area contributed by atoms with Gasteiger partial charge in [0.05, 0.1) is 27.7 Å². The smallest absolute Gasteiger partial charge is 0.306 e. The molecule has 0 heterocycles. The van der Waals surface area contributed by atoms with Gasteiger partial charge < -0.3 is 27.9 Å². The van der Waals surface area contributed by atoms with Crippen molar-refractivity contribution in [3.8, 4) is 0 Å². The number of carbonyl (C=O) groups is 2. The lowest BCUT2D eigenvalue weighted by Crippen LogP contribution is -2.37. The summed E-state index contributed by atoms with van der Waals surface area (Å²) < 4.78 is 34.3. The summed E-state index contributed by atoms with van der Waals surface area (Å²) >= 11 is 0. The molecule has 10 heteroatoms. The number of phosphoric acid groups is 1. The highest BCUT2D eigenvalue weighted by atomic mass is 31.2. The van der Waals surface area contributed by atoms with Crippen molar-refractivity contribution in [2.24, 2.45) is 0 Å². The first kappa shape index (κ1) is 79.7. The fraction of sp³-hybridized carbons (Fsp3) is 0.726. The molecule has 0 aromatic carbocycles. The van der Waals surface area contributed by atoms with Crippen molar-refractivity contribution < 1.29 is 42.1 Å². The van der Waals surface area contributed by atoms with E-state index in [1.807, 2.05) is 21.1 Å². The van der Waals surface area contributed by atoms with Gasteiger partial charge in [-0.3, -0.25) is 14.2 Å². The van der Waals surface area contributed by atoms with Gasteiger partial charge in [0, 0.05) is 12.8 Å². The number of carbonyl (C=O) groups excluding carboxylic acids is 2. The predicted molar refractivity (Wildman–Crippen MR) is 355 cm³/mol. The molecule has 0 spiro atoms. The van der Waals surface area contributed by atoms with Gasteiger partial charge in [0.25, 0.3) is 7.82 Å². The zero-order valence-corrected chi connectivity index (χ0v) is 55.3. The lowest BCUT2D eigenvalue weighted by molar-refractivity contribution is -0.870. The molecule has 478 valence electrons. The van der Waals surface area contributed by atoms with Crippen molar-refractivity contribution in [3.63, 3.8) is 0 Å². The van der Waals surface area contributed by atoms with E-state index in [0.29, 0.717) is 17.4 Å². The minimum atomic E-state index is -4.65. The molecule has 0 amide bonds. The number of quaternary nitrogens is 1. The molecule has 0 aromatic rings. The molecule has 2 atom stereocenters. The highest BCUT2D eigenvalue weighted by molar-refractivity contribution is 7.45. The molecule has 9 nitrogen and oxygen atoms in total. The Morgan fingerprint density at radius 2 is 0.687 bits per heavy atom. The van der Waals surface area contributed by atoms with Crippen molar-refractivity contribution >= 4 is 19.8 Å². The van der Waals surface area contributed by atoms with Crippen LogP contribution in [-0.2, 0) is 32.7 Å². The van der Waals surface area contributed by atoms with E-state index in [2.05, 4.69) is 123 Å². The number of nitrogens with zero attached hydrogens (tertiary/aromatic N) is 1. The Balaban J connectivity index is 4.13. The van der Waals surface area contributed by atoms with Gasteiger partial charge in [0.2, 0.25) is 0 Å². The van der Waals surface area contributed by atoms with Crippen molar-refractivity contribution in [2.45, 2.75) is 296 Å². The van der Waals surface area contributed by atoms with Crippen molar-refractivity contribution in [1.82, 2.24) is 0 Å². The number of phosphoric ester groups is 1. The van der Waals surface area contributed by atoms with Crippen LogP contribution in [0.4, 0.5) is 0 Å². The minimum absolute atomic E-state index is 0.0367. The monoisotopic (exact) mass is 1180 g/mol. The summed E-state index contributed by atoms with van der Waals surface area (Å²) in [5.41, 5.74) is 0. The van der Waals surface area contributed by atoms with E-state index < -0.39 is 26.5 Å². The standard InChI is InChI=1S/C73H128NO8P/c1-6-8-10-12-14-16-18-20-22-24-26-28-30-32-33-34-35-36-37-38-39-40-41-42-44-46-48-50-52-54-56-58-60-62-64-66-73(76)82-71(70-81-83(77,78)80-68-67-74(3,4)5)69-79-72(75)65-63-61-59-57-55-53-51-49-47-45-43-31-29-27-25-23-21-19-17-15-13-11-9-7-2/h8,10,14,16,20,22,26,28,32-33,35-36,38-39,41-42,46,48,71H,6-7,9,11-13,15,17-19,21,23-25,27,29-31,34,37,40,43-45,47,49-70H2,1-5H3/b10-8-,16-14-,22-20-,28-26-,33-32-,36-35-,39-38-,42-41-,48-46-. The number of ether oxygens (including phenoxy) is 2. The van der Waals surface area contributed by atoms with E-state index in [4.69, 9.17) is 18.5 Å². The lowest BCUT2D eigenvalue weighted by atomic mass is 10.0. The zero-order valence-electron chi connectivity index (χ0n) is 54.4. The first-order valence-corrected chi connectivity index (χ1v) is 35.6. The van der Waals surface area contributed by atoms with Crippen LogP contribution in [0.1, 0.15) is 290 Å². The molecule has 0 N–H and O–H groups in total. The molecular weight excluding hydrogens is 1050 g/mol. The van der Waals surface area contributed by atoms with E-state index in [-0.39, 0.29) is 32.0 Å². The predicted octanol–water partition coefficient (Wildman–Crippen LogP) is 21.5. The maximum absolute atomic E-state index is 12.9. The number of hydrogen-bond donors (Lipinski definition) is 0. The molecule has 2 unspecified atom stereocenters. The van der Waals surface area contributed by atoms with Gasteiger partial charge in [-0.2, -0.15) is 0 Å². The molecule has 0 aliphatic carbocycles. The van der Waals surface area contributed by atoms with Crippen LogP contribution in [-0.4, -0.2) is 70.0 Å². The molecular formula is C73H128NO8P. The number of allylic oxidation sites excluding steroid dienone is 18. The number of likely N-dealkylation sites (N-methyl/N-ethyl adjacent to an activating group) is 1. The Hall–Kier alpha value is -3.33. The Kier molecular flexibility index (Phi) is 60.6. The molecule has 83 heavy (non-hydrogen) atoms. The number of unbranched alkanes of at least 4 members (excludes halogenated alkanes) is 30. The van der Waals surface area contributed by atoms with Gasteiger partial charge >= 0.3 is 11.9 Å². The Bertz CT molecular complexity index is 1770. The van der Waals surface area contributed by atoms with Gasteiger partial charge in [-0.15, -0.1) is 0 Å². The van der Waals surface area contributed by atoms with E-state index in [1.165, 1.54) is 154 Å². The quantitative estimate of drug-likeness (QED) is 0.0195. The highest BCUT2D eigenvalue weighted by Gasteiger charge is 2.22. The van der Waals surface area contributed by atoms with Crippen LogP contribution in [0.2, 0.25) is 0 Å². The number of rotatable bonds is 62. The maximum Gasteiger partial charge on any atom is 0.306 e. The van der Waals surface area contributed by atoms with Crippen molar-refractivity contribution in [3.05, 3.63) is 109 Å². The fourth-order valence-electron chi connectivity index (χ4n) is 9.36. The molecule has 0 radical (unpaired) electrons. The van der Waals surface area contributed by atoms with Crippen LogP contribution in [0, 0.1) is 0 Å². The van der Waals surface area contributed by atoms with Crippen LogP contribution in [0.5, 0.6) is 0 Å². The van der Waals surface area contributed by atoms with E-state index in [0.717, 1.165) is 103 Å². The normalized spacial score (nSPS) is 13.9. The third-order valence-electron chi connectivity index (χ3n) is 14.6. The van der Waals surface area contributed by atoms with Gasteiger partial charge in [-0.05, 0) is 83.5 Å². The second-order valence-electron chi connectivity index (χ2n) is 23.8. The molecule has 0 aliphatic rings. The van der Waals surface area contributed by atoms with Crippen LogP contribution in [0.15, 0.2) is 109 Å². The summed E-state index contributed by atoms with van der Waals surface area (Å²) in [6.45, 7) is 4.14. The summed E-state index contributed by atoms with van der Waals surface area (Å²) in [4.78, 5) is 38.0. The highest BCUT2D eigenvalue weighted by Crippen LogP contribution is 2.38. The first-order chi connectivity index (χ1) is 40.5. The molecule has 0 aromatic heterocycles.